The van der Waals surface area contributed by atoms with Crippen molar-refractivity contribution < 1.29 is 32.2 Å². The molecule has 0 aromatic heterocycles. The summed E-state index contributed by atoms with van der Waals surface area (Å²) in [5.41, 5.74) is 0.317. The van der Waals surface area contributed by atoms with Gasteiger partial charge in [0.15, 0.2) is 0 Å². The number of esters is 1. The van der Waals surface area contributed by atoms with E-state index in [0.29, 0.717) is 5.56 Å². The molecule has 0 atom stereocenters. The second kappa shape index (κ2) is 6.31. The molecule has 0 aliphatic rings. The van der Waals surface area contributed by atoms with E-state index in [1.165, 1.54) is 13.2 Å². The van der Waals surface area contributed by atoms with E-state index in [1.54, 1.807) is 6.92 Å². The number of carbonyl (C=O) groups is 1. The second-order valence-corrected chi connectivity index (χ2v) is 3.55. The topological polar surface area (TPSA) is 44.8 Å². The molecule has 1 rings (SSSR count). The number of rotatable bonds is 5. The molecule has 1 aromatic rings. The Labute approximate surface area is 108 Å². The van der Waals surface area contributed by atoms with E-state index in [2.05, 4.69) is 4.74 Å². The number of hydrogen-bond donors (Lipinski definition) is 0. The van der Waals surface area contributed by atoms with Crippen molar-refractivity contribution in [1.29, 1.82) is 0 Å². The highest BCUT2D eigenvalue weighted by Crippen LogP contribution is 2.28. The molecule has 0 spiro atoms. The minimum atomic E-state index is -4.80. The Morgan fingerprint density at radius 3 is 2.37 bits per heavy atom. The first-order valence-corrected chi connectivity index (χ1v) is 5.43. The highest BCUT2D eigenvalue weighted by Gasteiger charge is 2.31. The third kappa shape index (κ3) is 5.50. The molecular weight excluding hydrogens is 265 g/mol. The minimum Gasteiger partial charge on any atom is -0.497 e. The molecule has 0 heterocycles. The molecule has 0 fully saturated rings. The van der Waals surface area contributed by atoms with E-state index >= 15 is 0 Å². The van der Waals surface area contributed by atoms with Crippen molar-refractivity contribution in [2.75, 3.05) is 13.7 Å². The van der Waals surface area contributed by atoms with Crippen LogP contribution in [0.25, 0.3) is 0 Å². The molecule has 4 nitrogen and oxygen atoms in total. The zero-order chi connectivity index (χ0) is 14.5. The maximum atomic E-state index is 12.1. The van der Waals surface area contributed by atoms with Crippen LogP contribution in [0.5, 0.6) is 11.5 Å². The lowest BCUT2D eigenvalue weighted by atomic mass is 10.1. The highest BCUT2D eigenvalue weighted by molar-refractivity contribution is 5.73. The first kappa shape index (κ1) is 15.1. The van der Waals surface area contributed by atoms with Crippen LogP contribution < -0.4 is 9.47 Å². The number of hydrogen-bond acceptors (Lipinski definition) is 4. The fourth-order valence-corrected chi connectivity index (χ4v) is 1.42. The van der Waals surface area contributed by atoms with Crippen LogP contribution in [0.2, 0.25) is 0 Å². The Bertz CT molecular complexity index is 443. The van der Waals surface area contributed by atoms with Crippen molar-refractivity contribution >= 4 is 5.97 Å². The van der Waals surface area contributed by atoms with E-state index < -0.39 is 18.1 Å². The monoisotopic (exact) mass is 278 g/mol. The predicted molar refractivity (Wildman–Crippen MR) is 60.0 cm³/mol. The molecule has 0 aliphatic heterocycles. The van der Waals surface area contributed by atoms with Crippen molar-refractivity contribution in [2.45, 2.75) is 19.7 Å². The van der Waals surface area contributed by atoms with Crippen LogP contribution in [0, 0.1) is 0 Å². The first-order chi connectivity index (χ1) is 8.84. The van der Waals surface area contributed by atoms with Gasteiger partial charge in [0.1, 0.15) is 11.5 Å². The molecule has 1 aromatic carbocycles. The number of benzene rings is 1. The van der Waals surface area contributed by atoms with Crippen molar-refractivity contribution in [2.24, 2.45) is 0 Å². The van der Waals surface area contributed by atoms with Crippen LogP contribution in [-0.4, -0.2) is 26.0 Å². The Kier molecular flexibility index (Phi) is 5.02. The van der Waals surface area contributed by atoms with E-state index in [0.717, 1.165) is 12.1 Å². The summed E-state index contributed by atoms with van der Waals surface area (Å²) in [4.78, 5) is 11.3. The quantitative estimate of drug-likeness (QED) is 0.777. The van der Waals surface area contributed by atoms with Crippen LogP contribution in [0.3, 0.4) is 0 Å². The van der Waals surface area contributed by atoms with Crippen LogP contribution >= 0.6 is 0 Å². The molecule has 0 aliphatic carbocycles. The van der Waals surface area contributed by atoms with Gasteiger partial charge in [-0.3, -0.25) is 4.79 Å². The summed E-state index contributed by atoms with van der Waals surface area (Å²) in [6.45, 7) is 1.84. The summed E-state index contributed by atoms with van der Waals surface area (Å²) in [5.74, 6) is -0.805. The van der Waals surface area contributed by atoms with Crippen molar-refractivity contribution in [3.05, 3.63) is 23.8 Å². The molecule has 0 radical (unpaired) electrons. The summed E-state index contributed by atoms with van der Waals surface area (Å²) >= 11 is 0. The summed E-state index contributed by atoms with van der Waals surface area (Å²) in [7, 11) is 1.31. The van der Waals surface area contributed by atoms with Gasteiger partial charge in [-0.2, -0.15) is 0 Å². The number of methoxy groups -OCH3 is 1. The lowest BCUT2D eigenvalue weighted by Gasteiger charge is -2.12. The van der Waals surface area contributed by atoms with Crippen LogP contribution in [0.4, 0.5) is 13.2 Å². The lowest BCUT2D eigenvalue weighted by Crippen LogP contribution is -2.17. The predicted octanol–water partition coefficient (Wildman–Crippen LogP) is 2.70. The average Bonchev–Trinajstić information content (AvgIpc) is 2.26. The van der Waals surface area contributed by atoms with E-state index in [9.17, 15) is 18.0 Å². The van der Waals surface area contributed by atoms with Crippen molar-refractivity contribution in [3.8, 4) is 11.5 Å². The minimum absolute atomic E-state index is 0.154. The third-order valence-electron chi connectivity index (χ3n) is 2.06. The molecule has 0 N–H and O–H groups in total. The highest BCUT2D eigenvalue weighted by atomic mass is 19.4. The van der Waals surface area contributed by atoms with Crippen LogP contribution in [0.15, 0.2) is 18.2 Å². The summed E-state index contributed by atoms with van der Waals surface area (Å²) < 4.78 is 49.8. The largest absolute Gasteiger partial charge is 0.573 e. The molecule has 106 valence electrons. The van der Waals surface area contributed by atoms with Crippen LogP contribution in [0.1, 0.15) is 12.5 Å². The van der Waals surface area contributed by atoms with Gasteiger partial charge in [-0.05, 0) is 24.6 Å². The molecule has 0 saturated carbocycles. The normalized spacial score (nSPS) is 11.0. The Balaban J connectivity index is 2.92. The average molecular weight is 278 g/mol. The molecule has 0 amide bonds. The van der Waals surface area contributed by atoms with Gasteiger partial charge in [0.05, 0.1) is 20.1 Å². The molecule has 0 bridgehead atoms. The maximum absolute atomic E-state index is 12.1. The fraction of sp³-hybridized carbons (Fsp3) is 0.417. The van der Waals surface area contributed by atoms with Crippen molar-refractivity contribution in [1.82, 2.24) is 0 Å². The Morgan fingerprint density at radius 1 is 1.21 bits per heavy atom. The second-order valence-electron chi connectivity index (χ2n) is 3.55. The molecule has 19 heavy (non-hydrogen) atoms. The van der Waals surface area contributed by atoms with Gasteiger partial charge in [-0.15, -0.1) is 13.2 Å². The number of ether oxygens (including phenoxy) is 3. The van der Waals surface area contributed by atoms with Gasteiger partial charge in [0, 0.05) is 6.07 Å². The zero-order valence-corrected chi connectivity index (χ0v) is 10.4. The van der Waals surface area contributed by atoms with E-state index in [4.69, 9.17) is 9.47 Å². The first-order valence-electron chi connectivity index (χ1n) is 5.43. The van der Waals surface area contributed by atoms with Crippen molar-refractivity contribution in [3.63, 3.8) is 0 Å². The molecule has 0 unspecified atom stereocenters. The number of halogens is 3. The van der Waals surface area contributed by atoms with Gasteiger partial charge >= 0.3 is 12.3 Å². The third-order valence-corrected chi connectivity index (χ3v) is 2.06. The summed E-state index contributed by atoms with van der Waals surface area (Å²) in [6, 6.07) is 3.65. The summed E-state index contributed by atoms with van der Waals surface area (Å²) in [6.07, 6.45) is -4.95. The standard InChI is InChI=1S/C12H13F3O4/c1-3-18-11(16)6-8-4-9(17-2)7-10(5-8)19-12(13,14)15/h4-5,7H,3,6H2,1-2H3. The fourth-order valence-electron chi connectivity index (χ4n) is 1.42. The Morgan fingerprint density at radius 2 is 1.84 bits per heavy atom. The lowest BCUT2D eigenvalue weighted by molar-refractivity contribution is -0.274. The number of carbonyl (C=O) groups excluding carboxylic acids is 1. The van der Waals surface area contributed by atoms with Gasteiger partial charge in [0.2, 0.25) is 0 Å². The van der Waals surface area contributed by atoms with Crippen LogP contribution in [-0.2, 0) is 16.0 Å². The van der Waals surface area contributed by atoms with Gasteiger partial charge in [0.25, 0.3) is 0 Å². The molecule has 7 heteroatoms. The molecule has 0 saturated heterocycles. The Hall–Kier alpha value is -1.92. The maximum Gasteiger partial charge on any atom is 0.573 e. The van der Waals surface area contributed by atoms with Gasteiger partial charge in [-0.1, -0.05) is 0 Å². The number of alkyl halides is 3. The smallest absolute Gasteiger partial charge is 0.497 e. The van der Waals surface area contributed by atoms with Gasteiger partial charge in [-0.25, -0.2) is 0 Å². The summed E-state index contributed by atoms with van der Waals surface area (Å²) in [5, 5.41) is 0. The zero-order valence-electron chi connectivity index (χ0n) is 10.4. The van der Waals surface area contributed by atoms with Gasteiger partial charge < -0.3 is 14.2 Å². The molecular formula is C12H13F3O4. The SMILES string of the molecule is CCOC(=O)Cc1cc(OC)cc(OC(F)(F)F)c1. The van der Waals surface area contributed by atoms with E-state index in [-0.39, 0.29) is 18.8 Å². The van der Waals surface area contributed by atoms with E-state index in [1.807, 2.05) is 0 Å².